The first kappa shape index (κ1) is 15.4. The van der Waals surface area contributed by atoms with Gasteiger partial charge < -0.3 is 15.2 Å². The van der Waals surface area contributed by atoms with Crippen molar-refractivity contribution in [3.05, 3.63) is 0 Å². The number of hydrogen-bond acceptors (Lipinski definition) is 3. The van der Waals surface area contributed by atoms with E-state index in [9.17, 15) is 4.79 Å². The van der Waals surface area contributed by atoms with Gasteiger partial charge in [0.2, 0.25) is 0 Å². The third kappa shape index (κ3) is 4.94. The Kier molecular flexibility index (Phi) is 6.65. The van der Waals surface area contributed by atoms with Gasteiger partial charge >= 0.3 is 5.97 Å². The van der Waals surface area contributed by atoms with E-state index in [4.69, 9.17) is 9.84 Å². The molecule has 4 heteroatoms. The van der Waals surface area contributed by atoms with Gasteiger partial charge in [0.1, 0.15) is 6.04 Å². The summed E-state index contributed by atoms with van der Waals surface area (Å²) in [5, 5.41) is 12.1. The standard InChI is InChI=1S/C14H27NO3/c1-4-7-15-13(14(16)17)9-18-12-6-5-10(2)11(3)8-12/h10-13,15H,4-9H2,1-3H3,(H,16,17). The molecule has 0 aromatic heterocycles. The number of nitrogens with one attached hydrogen (secondary N) is 1. The Morgan fingerprint density at radius 3 is 2.67 bits per heavy atom. The second-order valence-electron chi connectivity index (χ2n) is 5.57. The van der Waals surface area contributed by atoms with E-state index in [0.717, 1.165) is 31.7 Å². The second-order valence-corrected chi connectivity index (χ2v) is 5.57. The monoisotopic (exact) mass is 257 g/mol. The molecule has 0 aromatic rings. The first-order valence-corrected chi connectivity index (χ1v) is 7.12. The van der Waals surface area contributed by atoms with Crippen LogP contribution in [0.4, 0.5) is 0 Å². The first-order valence-electron chi connectivity index (χ1n) is 7.12. The summed E-state index contributed by atoms with van der Waals surface area (Å²) >= 11 is 0. The van der Waals surface area contributed by atoms with E-state index in [1.165, 1.54) is 6.42 Å². The maximum atomic E-state index is 11.1. The molecule has 1 aliphatic carbocycles. The average molecular weight is 257 g/mol. The molecule has 0 aliphatic heterocycles. The number of carboxylic acids is 1. The van der Waals surface area contributed by atoms with Crippen LogP contribution in [0.2, 0.25) is 0 Å². The molecule has 0 aromatic carbocycles. The lowest BCUT2D eigenvalue weighted by atomic mass is 9.80. The minimum atomic E-state index is -0.819. The van der Waals surface area contributed by atoms with E-state index >= 15 is 0 Å². The van der Waals surface area contributed by atoms with Gasteiger partial charge in [-0.15, -0.1) is 0 Å². The fourth-order valence-corrected chi connectivity index (χ4v) is 2.42. The van der Waals surface area contributed by atoms with Crippen LogP contribution in [0.1, 0.15) is 46.5 Å². The predicted molar refractivity (Wildman–Crippen MR) is 71.6 cm³/mol. The highest BCUT2D eigenvalue weighted by atomic mass is 16.5. The molecule has 4 unspecified atom stereocenters. The average Bonchev–Trinajstić information content (AvgIpc) is 2.33. The summed E-state index contributed by atoms with van der Waals surface area (Å²) in [4.78, 5) is 11.1. The van der Waals surface area contributed by atoms with Crippen molar-refractivity contribution < 1.29 is 14.6 Å². The third-order valence-electron chi connectivity index (χ3n) is 3.99. The van der Waals surface area contributed by atoms with Crippen LogP contribution in [-0.2, 0) is 9.53 Å². The van der Waals surface area contributed by atoms with Crippen LogP contribution in [0.25, 0.3) is 0 Å². The summed E-state index contributed by atoms with van der Waals surface area (Å²) in [6.45, 7) is 7.56. The molecular weight excluding hydrogens is 230 g/mol. The lowest BCUT2D eigenvalue weighted by Crippen LogP contribution is -2.42. The number of aliphatic carboxylic acids is 1. The van der Waals surface area contributed by atoms with Gasteiger partial charge in [0.15, 0.2) is 0 Å². The van der Waals surface area contributed by atoms with Gasteiger partial charge in [-0.2, -0.15) is 0 Å². The summed E-state index contributed by atoms with van der Waals surface area (Å²) in [5.41, 5.74) is 0. The maximum Gasteiger partial charge on any atom is 0.323 e. The van der Waals surface area contributed by atoms with Crippen LogP contribution in [0.5, 0.6) is 0 Å². The zero-order chi connectivity index (χ0) is 13.5. The molecule has 1 fully saturated rings. The van der Waals surface area contributed by atoms with E-state index in [1.54, 1.807) is 0 Å². The maximum absolute atomic E-state index is 11.1. The van der Waals surface area contributed by atoms with Crippen molar-refractivity contribution in [3.8, 4) is 0 Å². The molecule has 4 atom stereocenters. The van der Waals surface area contributed by atoms with Gasteiger partial charge in [-0.3, -0.25) is 4.79 Å². The summed E-state index contributed by atoms with van der Waals surface area (Å²) < 4.78 is 5.78. The summed E-state index contributed by atoms with van der Waals surface area (Å²) in [6.07, 6.45) is 4.47. The molecule has 1 saturated carbocycles. The van der Waals surface area contributed by atoms with Crippen LogP contribution in [0, 0.1) is 11.8 Å². The second kappa shape index (κ2) is 7.74. The van der Waals surface area contributed by atoms with E-state index in [2.05, 4.69) is 19.2 Å². The number of carbonyl (C=O) groups is 1. The Labute approximate surface area is 110 Å². The van der Waals surface area contributed by atoms with E-state index in [-0.39, 0.29) is 12.7 Å². The Balaban J connectivity index is 2.31. The summed E-state index contributed by atoms with van der Waals surface area (Å²) in [6, 6.07) is -0.570. The van der Waals surface area contributed by atoms with Crippen molar-refractivity contribution >= 4 is 5.97 Å². The van der Waals surface area contributed by atoms with Gasteiger partial charge in [0.05, 0.1) is 12.7 Å². The molecule has 2 N–H and O–H groups in total. The highest BCUT2D eigenvalue weighted by molar-refractivity contribution is 5.73. The molecule has 0 saturated heterocycles. The predicted octanol–water partition coefficient (Wildman–Crippen LogP) is 2.28. The van der Waals surface area contributed by atoms with E-state index < -0.39 is 12.0 Å². The van der Waals surface area contributed by atoms with Gasteiger partial charge in [-0.1, -0.05) is 20.8 Å². The summed E-state index contributed by atoms with van der Waals surface area (Å²) in [7, 11) is 0. The lowest BCUT2D eigenvalue weighted by Gasteiger charge is -2.32. The van der Waals surface area contributed by atoms with Gasteiger partial charge in [0, 0.05) is 0 Å². The van der Waals surface area contributed by atoms with Crippen LogP contribution < -0.4 is 5.32 Å². The van der Waals surface area contributed by atoms with Crippen LogP contribution in [0.3, 0.4) is 0 Å². The van der Waals surface area contributed by atoms with Gasteiger partial charge in [-0.25, -0.2) is 0 Å². The smallest absolute Gasteiger partial charge is 0.323 e. The largest absolute Gasteiger partial charge is 0.480 e. The molecular formula is C14H27NO3. The Hall–Kier alpha value is -0.610. The molecule has 0 heterocycles. The van der Waals surface area contributed by atoms with Gasteiger partial charge in [0.25, 0.3) is 0 Å². The molecule has 18 heavy (non-hydrogen) atoms. The fraction of sp³-hybridized carbons (Fsp3) is 0.929. The normalized spacial score (nSPS) is 30.1. The Morgan fingerprint density at radius 2 is 2.11 bits per heavy atom. The Morgan fingerprint density at radius 1 is 1.39 bits per heavy atom. The molecule has 0 amide bonds. The van der Waals surface area contributed by atoms with Gasteiger partial charge in [-0.05, 0) is 44.1 Å². The van der Waals surface area contributed by atoms with Crippen molar-refractivity contribution in [3.63, 3.8) is 0 Å². The van der Waals surface area contributed by atoms with E-state index in [1.807, 2.05) is 6.92 Å². The van der Waals surface area contributed by atoms with Crippen LogP contribution in [-0.4, -0.2) is 36.4 Å². The van der Waals surface area contributed by atoms with Crippen molar-refractivity contribution in [2.24, 2.45) is 11.8 Å². The molecule has 0 bridgehead atoms. The van der Waals surface area contributed by atoms with Crippen molar-refractivity contribution in [1.82, 2.24) is 5.32 Å². The van der Waals surface area contributed by atoms with Crippen LogP contribution in [0.15, 0.2) is 0 Å². The molecule has 1 rings (SSSR count). The number of hydrogen-bond donors (Lipinski definition) is 2. The highest BCUT2D eigenvalue weighted by Crippen LogP contribution is 2.30. The van der Waals surface area contributed by atoms with E-state index in [0.29, 0.717) is 5.92 Å². The van der Waals surface area contributed by atoms with Crippen molar-refractivity contribution in [1.29, 1.82) is 0 Å². The first-order chi connectivity index (χ1) is 8.54. The molecule has 0 spiro atoms. The number of rotatable bonds is 7. The fourth-order valence-electron chi connectivity index (χ4n) is 2.42. The lowest BCUT2D eigenvalue weighted by molar-refractivity contribution is -0.142. The number of ether oxygens (including phenoxy) is 1. The minimum absolute atomic E-state index is 0.237. The van der Waals surface area contributed by atoms with Crippen molar-refractivity contribution in [2.45, 2.75) is 58.6 Å². The number of carboxylic acid groups (broad SMARTS) is 1. The molecule has 1 aliphatic rings. The molecule has 0 radical (unpaired) electrons. The third-order valence-corrected chi connectivity index (χ3v) is 3.99. The molecule has 106 valence electrons. The van der Waals surface area contributed by atoms with Crippen LogP contribution >= 0.6 is 0 Å². The summed E-state index contributed by atoms with van der Waals surface area (Å²) in [5.74, 6) is 0.620. The zero-order valence-electron chi connectivity index (χ0n) is 11.8. The minimum Gasteiger partial charge on any atom is -0.480 e. The zero-order valence-corrected chi connectivity index (χ0v) is 11.8. The van der Waals surface area contributed by atoms with Crippen molar-refractivity contribution in [2.75, 3.05) is 13.2 Å². The Bertz CT molecular complexity index is 257. The quantitative estimate of drug-likeness (QED) is 0.734. The topological polar surface area (TPSA) is 58.6 Å². The SMILES string of the molecule is CCCNC(COC1CCC(C)C(C)C1)C(=O)O. The molecule has 4 nitrogen and oxygen atoms in total. The highest BCUT2D eigenvalue weighted by Gasteiger charge is 2.26.